The molecule has 1 aromatic carbocycles. The van der Waals surface area contributed by atoms with E-state index in [9.17, 15) is 4.79 Å². The number of benzene rings is 1. The molecule has 3 rings (SSSR count). The Hall–Kier alpha value is -2.40. The minimum absolute atomic E-state index is 0.00603. The van der Waals surface area contributed by atoms with E-state index in [0.29, 0.717) is 31.2 Å². The average Bonchev–Trinajstić information content (AvgIpc) is 2.67. The molecule has 0 N–H and O–H groups in total. The Morgan fingerprint density at radius 2 is 2.08 bits per heavy atom. The predicted molar refractivity (Wildman–Crippen MR) is 95.6 cm³/mol. The normalized spacial score (nSPS) is 17.3. The first kappa shape index (κ1) is 17.4. The third-order valence-electron chi connectivity index (χ3n) is 4.28. The quantitative estimate of drug-likeness (QED) is 0.810. The lowest BCUT2D eigenvalue weighted by Gasteiger charge is -2.32. The van der Waals surface area contributed by atoms with Crippen molar-refractivity contribution in [1.82, 2.24) is 9.88 Å². The molecule has 5 heteroatoms. The van der Waals surface area contributed by atoms with Crippen molar-refractivity contribution >= 4 is 5.91 Å². The molecule has 0 aliphatic carbocycles. The second-order valence-corrected chi connectivity index (χ2v) is 6.13. The summed E-state index contributed by atoms with van der Waals surface area (Å²) >= 11 is 0. The number of aromatic nitrogens is 1. The molecule has 132 valence electrons. The number of nitrogens with zero attached hydrogens (tertiary/aromatic N) is 2. The SMILES string of the molecule is CCOC1CCCN(C(=O)c2ccc(OCc3ccccc3)nc2)C1. The van der Waals surface area contributed by atoms with Crippen LogP contribution in [0.5, 0.6) is 5.88 Å². The van der Waals surface area contributed by atoms with Crippen molar-refractivity contribution in [1.29, 1.82) is 0 Å². The van der Waals surface area contributed by atoms with Crippen LogP contribution in [0.3, 0.4) is 0 Å². The van der Waals surface area contributed by atoms with Gasteiger partial charge in [-0.2, -0.15) is 0 Å². The Balaban J connectivity index is 1.57. The van der Waals surface area contributed by atoms with Gasteiger partial charge in [0, 0.05) is 32.0 Å². The second-order valence-electron chi connectivity index (χ2n) is 6.13. The Bertz CT molecular complexity index is 671. The first-order chi connectivity index (χ1) is 12.3. The van der Waals surface area contributed by atoms with Gasteiger partial charge in [0.1, 0.15) is 6.61 Å². The van der Waals surface area contributed by atoms with Crippen LogP contribution in [0.1, 0.15) is 35.7 Å². The van der Waals surface area contributed by atoms with Crippen molar-refractivity contribution in [2.45, 2.75) is 32.5 Å². The van der Waals surface area contributed by atoms with Crippen LogP contribution >= 0.6 is 0 Å². The van der Waals surface area contributed by atoms with Crippen molar-refractivity contribution in [3.05, 3.63) is 59.8 Å². The Morgan fingerprint density at radius 3 is 2.80 bits per heavy atom. The standard InChI is InChI=1S/C20H24N2O3/c1-2-24-18-9-6-12-22(14-18)20(23)17-10-11-19(21-13-17)25-15-16-7-4-3-5-8-16/h3-5,7-8,10-11,13,18H,2,6,9,12,14-15H2,1H3. The fourth-order valence-electron chi connectivity index (χ4n) is 3.00. The van der Waals surface area contributed by atoms with Crippen LogP contribution < -0.4 is 4.74 Å². The van der Waals surface area contributed by atoms with Gasteiger partial charge in [0.15, 0.2) is 0 Å². The minimum atomic E-state index is 0.00603. The van der Waals surface area contributed by atoms with Gasteiger partial charge in [-0.15, -0.1) is 0 Å². The van der Waals surface area contributed by atoms with Gasteiger partial charge >= 0.3 is 0 Å². The lowest BCUT2D eigenvalue weighted by molar-refractivity contribution is 0.00722. The number of amides is 1. The van der Waals surface area contributed by atoms with E-state index >= 15 is 0 Å². The Labute approximate surface area is 148 Å². The summed E-state index contributed by atoms with van der Waals surface area (Å²) in [7, 11) is 0. The van der Waals surface area contributed by atoms with E-state index in [0.717, 1.165) is 24.9 Å². The topological polar surface area (TPSA) is 51.7 Å². The molecule has 0 bridgehead atoms. The number of carbonyl (C=O) groups is 1. The monoisotopic (exact) mass is 340 g/mol. The molecule has 1 fully saturated rings. The molecule has 1 amide bonds. The summed E-state index contributed by atoms with van der Waals surface area (Å²) in [4.78, 5) is 18.7. The van der Waals surface area contributed by atoms with Crippen LogP contribution in [0.15, 0.2) is 48.7 Å². The van der Waals surface area contributed by atoms with Gasteiger partial charge in [0.25, 0.3) is 5.91 Å². The van der Waals surface area contributed by atoms with E-state index in [1.165, 1.54) is 0 Å². The van der Waals surface area contributed by atoms with Gasteiger partial charge in [-0.25, -0.2) is 4.98 Å². The number of hydrogen-bond donors (Lipinski definition) is 0. The van der Waals surface area contributed by atoms with Crippen molar-refractivity contribution < 1.29 is 14.3 Å². The summed E-state index contributed by atoms with van der Waals surface area (Å²) in [6.07, 6.45) is 3.72. The van der Waals surface area contributed by atoms with Gasteiger partial charge in [-0.05, 0) is 31.4 Å². The van der Waals surface area contributed by atoms with E-state index < -0.39 is 0 Å². The minimum Gasteiger partial charge on any atom is -0.473 e. The van der Waals surface area contributed by atoms with Crippen molar-refractivity contribution in [2.75, 3.05) is 19.7 Å². The molecule has 0 radical (unpaired) electrons. The average molecular weight is 340 g/mol. The molecule has 1 aliphatic rings. The van der Waals surface area contributed by atoms with Crippen LogP contribution in [0.25, 0.3) is 0 Å². The van der Waals surface area contributed by atoms with Gasteiger partial charge in [0.05, 0.1) is 11.7 Å². The van der Waals surface area contributed by atoms with E-state index in [1.54, 1.807) is 18.3 Å². The first-order valence-electron chi connectivity index (χ1n) is 8.80. The first-order valence-corrected chi connectivity index (χ1v) is 8.80. The van der Waals surface area contributed by atoms with Gasteiger partial charge in [0.2, 0.25) is 5.88 Å². The zero-order valence-electron chi connectivity index (χ0n) is 14.6. The largest absolute Gasteiger partial charge is 0.473 e. The molecule has 2 heterocycles. The smallest absolute Gasteiger partial charge is 0.255 e. The fraction of sp³-hybridized carbons (Fsp3) is 0.400. The highest BCUT2D eigenvalue weighted by atomic mass is 16.5. The summed E-state index contributed by atoms with van der Waals surface area (Å²) < 4.78 is 11.3. The Morgan fingerprint density at radius 1 is 1.24 bits per heavy atom. The van der Waals surface area contributed by atoms with E-state index in [1.807, 2.05) is 42.2 Å². The van der Waals surface area contributed by atoms with Crippen LogP contribution in [0, 0.1) is 0 Å². The van der Waals surface area contributed by atoms with E-state index in [2.05, 4.69) is 4.98 Å². The number of pyridine rings is 1. The lowest BCUT2D eigenvalue weighted by atomic mass is 10.1. The van der Waals surface area contributed by atoms with Gasteiger partial charge < -0.3 is 14.4 Å². The zero-order chi connectivity index (χ0) is 17.5. The van der Waals surface area contributed by atoms with Crippen LogP contribution in [0.2, 0.25) is 0 Å². The number of likely N-dealkylation sites (tertiary alicyclic amines) is 1. The summed E-state index contributed by atoms with van der Waals surface area (Å²) in [6.45, 7) is 4.55. The second kappa shape index (κ2) is 8.62. The molecule has 0 saturated carbocycles. The molecule has 0 spiro atoms. The summed E-state index contributed by atoms with van der Waals surface area (Å²) in [6, 6.07) is 13.5. The number of piperidine rings is 1. The third-order valence-corrected chi connectivity index (χ3v) is 4.28. The van der Waals surface area contributed by atoms with Crippen molar-refractivity contribution in [3.63, 3.8) is 0 Å². The van der Waals surface area contributed by atoms with Gasteiger partial charge in [-0.1, -0.05) is 30.3 Å². The fourth-order valence-corrected chi connectivity index (χ4v) is 3.00. The molecule has 1 atom stereocenters. The third kappa shape index (κ3) is 4.79. The molecule has 1 unspecified atom stereocenters. The molecular weight excluding hydrogens is 316 g/mol. The van der Waals surface area contributed by atoms with Gasteiger partial charge in [-0.3, -0.25) is 4.79 Å². The van der Waals surface area contributed by atoms with Crippen LogP contribution in [-0.2, 0) is 11.3 Å². The molecule has 25 heavy (non-hydrogen) atoms. The summed E-state index contributed by atoms with van der Waals surface area (Å²) in [5.74, 6) is 0.526. The number of hydrogen-bond acceptors (Lipinski definition) is 4. The highest BCUT2D eigenvalue weighted by Crippen LogP contribution is 2.17. The van der Waals surface area contributed by atoms with Crippen molar-refractivity contribution in [3.8, 4) is 5.88 Å². The summed E-state index contributed by atoms with van der Waals surface area (Å²) in [5, 5.41) is 0. The van der Waals surface area contributed by atoms with E-state index in [-0.39, 0.29) is 12.0 Å². The molecule has 5 nitrogen and oxygen atoms in total. The molecule has 1 aromatic heterocycles. The number of ether oxygens (including phenoxy) is 2. The molecule has 2 aromatic rings. The molecular formula is C20H24N2O3. The zero-order valence-corrected chi connectivity index (χ0v) is 14.6. The lowest BCUT2D eigenvalue weighted by Crippen LogP contribution is -2.43. The maximum atomic E-state index is 12.6. The highest BCUT2D eigenvalue weighted by Gasteiger charge is 2.24. The Kier molecular flexibility index (Phi) is 6.01. The predicted octanol–water partition coefficient (Wildman–Crippen LogP) is 3.30. The van der Waals surface area contributed by atoms with Crippen LogP contribution in [-0.4, -0.2) is 41.6 Å². The highest BCUT2D eigenvalue weighted by molar-refractivity contribution is 5.94. The van der Waals surface area contributed by atoms with E-state index in [4.69, 9.17) is 9.47 Å². The maximum absolute atomic E-state index is 12.6. The molecule has 1 saturated heterocycles. The molecule has 1 aliphatic heterocycles. The number of rotatable bonds is 6. The van der Waals surface area contributed by atoms with Crippen molar-refractivity contribution in [2.24, 2.45) is 0 Å². The number of carbonyl (C=O) groups excluding carboxylic acids is 1. The van der Waals surface area contributed by atoms with Crippen LogP contribution in [0.4, 0.5) is 0 Å². The summed E-state index contributed by atoms with van der Waals surface area (Å²) in [5.41, 5.74) is 1.67. The maximum Gasteiger partial charge on any atom is 0.255 e.